The van der Waals surface area contributed by atoms with Crippen molar-refractivity contribution >= 4 is 65.9 Å². The molecule has 5 heteroatoms. The predicted molar refractivity (Wildman–Crippen MR) is 116 cm³/mol. The molecule has 3 nitrogen and oxygen atoms in total. The molecule has 1 aliphatic rings. The molecule has 2 aromatic rings. The Kier molecular flexibility index (Phi) is 8.21. The number of rotatable bonds is 2. The average Bonchev–Trinajstić information content (AvgIpc) is 2.80. The molecule has 0 N–H and O–H groups in total. The minimum absolute atomic E-state index is 0. The second-order valence-electron chi connectivity index (χ2n) is 5.77. The smallest absolute Gasteiger partial charge is 0.185 e. The molecule has 0 saturated heterocycles. The SMILES string of the molecule is C[n+]1cccc(/C=C2/CC/C(=C/c3ccc[n+](C)c3)C2=O)c1.I.I. The van der Waals surface area contributed by atoms with E-state index in [1.54, 1.807) is 0 Å². The predicted octanol–water partition coefficient (Wildman–Crippen LogP) is 3.40. The molecule has 0 radical (unpaired) electrons. The quantitative estimate of drug-likeness (QED) is 0.321. The van der Waals surface area contributed by atoms with E-state index in [0.717, 1.165) is 35.1 Å². The summed E-state index contributed by atoms with van der Waals surface area (Å²) in [6.07, 6.45) is 13.7. The molecule has 0 unspecified atom stereocenters. The first kappa shape index (κ1) is 21.0. The summed E-state index contributed by atoms with van der Waals surface area (Å²) in [5.41, 5.74) is 3.94. The van der Waals surface area contributed by atoms with E-state index < -0.39 is 0 Å². The van der Waals surface area contributed by atoms with E-state index in [1.807, 2.05) is 84.4 Å². The summed E-state index contributed by atoms with van der Waals surface area (Å²) in [5, 5.41) is 0. The zero-order valence-electron chi connectivity index (χ0n) is 13.8. The second kappa shape index (κ2) is 9.41. The minimum atomic E-state index is 0. The molecule has 3 rings (SSSR count). The van der Waals surface area contributed by atoms with E-state index >= 15 is 0 Å². The first-order chi connectivity index (χ1) is 10.6. The summed E-state index contributed by atoms with van der Waals surface area (Å²) in [6, 6.07) is 8.04. The van der Waals surface area contributed by atoms with Crippen LogP contribution in [-0.4, -0.2) is 5.78 Å². The van der Waals surface area contributed by atoms with Crippen molar-refractivity contribution in [3.63, 3.8) is 0 Å². The van der Waals surface area contributed by atoms with Crippen LogP contribution in [0.4, 0.5) is 0 Å². The maximum atomic E-state index is 12.5. The van der Waals surface area contributed by atoms with Crippen molar-refractivity contribution in [1.29, 1.82) is 0 Å². The number of nitrogens with zero attached hydrogens (tertiary/aromatic N) is 2. The number of aryl methyl sites for hydroxylation is 2. The molecule has 0 atom stereocenters. The van der Waals surface area contributed by atoms with Crippen LogP contribution in [-0.2, 0) is 18.9 Å². The Labute approximate surface area is 177 Å². The first-order valence-electron chi connectivity index (χ1n) is 7.48. The van der Waals surface area contributed by atoms with Gasteiger partial charge in [-0.25, -0.2) is 9.13 Å². The fourth-order valence-corrected chi connectivity index (χ4v) is 2.77. The van der Waals surface area contributed by atoms with Crippen molar-refractivity contribution in [2.45, 2.75) is 12.8 Å². The van der Waals surface area contributed by atoms with Gasteiger partial charge in [0, 0.05) is 34.4 Å². The number of halogens is 2. The number of hydrogen-bond donors (Lipinski definition) is 0. The van der Waals surface area contributed by atoms with Gasteiger partial charge < -0.3 is 0 Å². The lowest BCUT2D eigenvalue weighted by Gasteiger charge is -1.96. The fraction of sp³-hybridized carbons (Fsp3) is 0.211. The van der Waals surface area contributed by atoms with Crippen LogP contribution in [0.2, 0.25) is 0 Å². The van der Waals surface area contributed by atoms with E-state index in [1.165, 1.54) is 0 Å². The summed E-state index contributed by atoms with van der Waals surface area (Å²) < 4.78 is 3.99. The summed E-state index contributed by atoms with van der Waals surface area (Å²) in [5.74, 6) is 0.179. The van der Waals surface area contributed by atoms with E-state index in [-0.39, 0.29) is 53.7 Å². The summed E-state index contributed by atoms with van der Waals surface area (Å²) >= 11 is 0. The van der Waals surface area contributed by atoms with Crippen molar-refractivity contribution in [3.05, 3.63) is 71.3 Å². The van der Waals surface area contributed by atoms with Gasteiger partial charge in [0.2, 0.25) is 0 Å². The van der Waals surface area contributed by atoms with Gasteiger partial charge in [-0.2, -0.15) is 0 Å². The Balaban J connectivity index is 0.00000144. The molecular formula is C19H22I2N2O+2. The maximum absolute atomic E-state index is 12.5. The Hall–Kier alpha value is -1.09. The highest BCUT2D eigenvalue weighted by atomic mass is 127. The third kappa shape index (κ3) is 5.20. The highest BCUT2D eigenvalue weighted by molar-refractivity contribution is 14.0. The topological polar surface area (TPSA) is 24.8 Å². The van der Waals surface area contributed by atoms with Crippen LogP contribution in [0.25, 0.3) is 12.2 Å². The second-order valence-corrected chi connectivity index (χ2v) is 5.77. The lowest BCUT2D eigenvalue weighted by Crippen LogP contribution is -2.26. The van der Waals surface area contributed by atoms with Gasteiger partial charge in [0.15, 0.2) is 30.6 Å². The zero-order chi connectivity index (χ0) is 15.5. The average molecular weight is 548 g/mol. The number of hydrogen-bond acceptors (Lipinski definition) is 1. The van der Waals surface area contributed by atoms with Crippen LogP contribution in [0.5, 0.6) is 0 Å². The molecule has 2 heterocycles. The number of pyridine rings is 2. The van der Waals surface area contributed by atoms with E-state index in [0.29, 0.717) is 0 Å². The van der Waals surface area contributed by atoms with Gasteiger partial charge in [-0.3, -0.25) is 4.79 Å². The molecule has 0 spiro atoms. The molecule has 0 bridgehead atoms. The molecule has 1 aliphatic carbocycles. The molecule has 1 fully saturated rings. The van der Waals surface area contributed by atoms with Gasteiger partial charge in [-0.05, 0) is 37.1 Å². The molecular weight excluding hydrogens is 526 g/mol. The van der Waals surface area contributed by atoms with E-state index in [2.05, 4.69) is 0 Å². The number of Topliss-reactive ketones (excluding diaryl/α,β-unsaturated/α-hetero) is 1. The molecule has 126 valence electrons. The van der Waals surface area contributed by atoms with Crippen LogP contribution in [0.15, 0.2) is 60.2 Å². The van der Waals surface area contributed by atoms with Crippen molar-refractivity contribution < 1.29 is 13.9 Å². The molecule has 0 aliphatic heterocycles. The van der Waals surface area contributed by atoms with Crippen molar-refractivity contribution in [2.75, 3.05) is 0 Å². The third-order valence-corrected chi connectivity index (χ3v) is 3.85. The molecule has 24 heavy (non-hydrogen) atoms. The van der Waals surface area contributed by atoms with Gasteiger partial charge in [-0.15, -0.1) is 48.0 Å². The standard InChI is InChI=1S/C19H20N2O.2HI/c1-20-9-3-5-15(13-20)11-17-7-8-18(19(17)22)12-16-6-4-10-21(2)14-16;;/h3-6,9-14H,7-8H2,1-2H3;2*1H/q+2;;/b17-11-,18-12-;;. The van der Waals surface area contributed by atoms with Crippen LogP contribution >= 0.6 is 48.0 Å². The molecule has 0 amide bonds. The largest absolute Gasteiger partial charge is 0.289 e. The van der Waals surface area contributed by atoms with Crippen LogP contribution in [0, 0.1) is 0 Å². The van der Waals surface area contributed by atoms with Crippen LogP contribution in [0.3, 0.4) is 0 Å². The van der Waals surface area contributed by atoms with Gasteiger partial charge in [0.25, 0.3) is 0 Å². The number of allylic oxidation sites excluding steroid dienone is 2. The Bertz CT molecular complexity index is 732. The highest BCUT2D eigenvalue weighted by Crippen LogP contribution is 2.29. The van der Waals surface area contributed by atoms with Crippen LogP contribution < -0.4 is 9.13 Å². The van der Waals surface area contributed by atoms with Gasteiger partial charge in [0.05, 0.1) is 0 Å². The van der Waals surface area contributed by atoms with Crippen LogP contribution in [0.1, 0.15) is 24.0 Å². The van der Waals surface area contributed by atoms with Crippen molar-refractivity contribution in [1.82, 2.24) is 0 Å². The van der Waals surface area contributed by atoms with Crippen molar-refractivity contribution in [3.8, 4) is 0 Å². The lowest BCUT2D eigenvalue weighted by atomic mass is 10.1. The van der Waals surface area contributed by atoms with Gasteiger partial charge >= 0.3 is 0 Å². The highest BCUT2D eigenvalue weighted by Gasteiger charge is 2.23. The Morgan fingerprint density at radius 3 is 1.62 bits per heavy atom. The lowest BCUT2D eigenvalue weighted by molar-refractivity contribution is -0.671. The van der Waals surface area contributed by atoms with E-state index in [9.17, 15) is 4.79 Å². The maximum Gasteiger partial charge on any atom is 0.185 e. The number of carbonyl (C=O) groups is 1. The zero-order valence-corrected chi connectivity index (χ0v) is 18.5. The normalized spacial score (nSPS) is 16.8. The summed E-state index contributed by atoms with van der Waals surface area (Å²) in [6.45, 7) is 0. The third-order valence-electron chi connectivity index (χ3n) is 3.85. The minimum Gasteiger partial charge on any atom is -0.289 e. The number of ketones is 1. The van der Waals surface area contributed by atoms with Crippen molar-refractivity contribution in [2.24, 2.45) is 14.1 Å². The van der Waals surface area contributed by atoms with Gasteiger partial charge in [0.1, 0.15) is 14.1 Å². The van der Waals surface area contributed by atoms with Gasteiger partial charge in [-0.1, -0.05) is 0 Å². The first-order valence-corrected chi connectivity index (χ1v) is 7.48. The molecule has 0 aromatic carbocycles. The van der Waals surface area contributed by atoms with E-state index in [4.69, 9.17) is 0 Å². The molecule has 1 saturated carbocycles. The summed E-state index contributed by atoms with van der Waals surface area (Å²) in [7, 11) is 3.97. The number of aromatic nitrogens is 2. The Morgan fingerprint density at radius 1 is 0.833 bits per heavy atom. The summed E-state index contributed by atoms with van der Waals surface area (Å²) in [4.78, 5) is 12.5. The molecule has 2 aromatic heterocycles. The Morgan fingerprint density at radius 2 is 1.25 bits per heavy atom. The number of carbonyl (C=O) groups excluding carboxylic acids is 1. The fourth-order valence-electron chi connectivity index (χ4n) is 2.77. The monoisotopic (exact) mass is 548 g/mol.